The highest BCUT2D eigenvalue weighted by Gasteiger charge is 2.21. The summed E-state index contributed by atoms with van der Waals surface area (Å²) in [6.45, 7) is 1.53. The Hall–Kier alpha value is -3.04. The third kappa shape index (κ3) is 3.19. The van der Waals surface area contributed by atoms with Crippen LogP contribution in [-0.4, -0.2) is 48.9 Å². The molecule has 1 saturated heterocycles. The molecule has 0 bridgehead atoms. The lowest BCUT2D eigenvalue weighted by Crippen LogP contribution is -2.38. The summed E-state index contributed by atoms with van der Waals surface area (Å²) in [6.07, 6.45) is 8.61. The molecular weight excluding hydrogens is 374 g/mol. The third-order valence-electron chi connectivity index (χ3n) is 4.82. The van der Waals surface area contributed by atoms with Crippen LogP contribution in [0.2, 0.25) is 0 Å². The zero-order valence-corrected chi connectivity index (χ0v) is 15.9. The summed E-state index contributed by atoms with van der Waals surface area (Å²) < 4.78 is 1.78. The van der Waals surface area contributed by atoms with Gasteiger partial charge in [-0.25, -0.2) is 9.97 Å². The molecule has 1 fully saturated rings. The molecule has 1 aliphatic rings. The van der Waals surface area contributed by atoms with Crippen molar-refractivity contribution < 1.29 is 5.11 Å². The number of aromatic nitrogens is 5. The monoisotopic (exact) mass is 393 g/mol. The fourth-order valence-corrected chi connectivity index (χ4v) is 4.09. The second kappa shape index (κ2) is 7.17. The van der Waals surface area contributed by atoms with Gasteiger partial charge in [-0.3, -0.25) is 4.98 Å². The van der Waals surface area contributed by atoms with Gasteiger partial charge in [0.25, 0.3) is 0 Å². The van der Waals surface area contributed by atoms with E-state index in [1.807, 2.05) is 23.6 Å². The van der Waals surface area contributed by atoms with Gasteiger partial charge in [0.15, 0.2) is 0 Å². The quantitative estimate of drug-likeness (QED) is 0.551. The summed E-state index contributed by atoms with van der Waals surface area (Å²) in [7, 11) is 0. The Kier molecular flexibility index (Phi) is 4.38. The van der Waals surface area contributed by atoms with Crippen LogP contribution in [0.5, 0.6) is 0 Å². The van der Waals surface area contributed by atoms with Crippen molar-refractivity contribution in [1.29, 1.82) is 0 Å². The van der Waals surface area contributed by atoms with Gasteiger partial charge in [-0.15, -0.1) is 11.3 Å². The van der Waals surface area contributed by atoms with Gasteiger partial charge < -0.3 is 15.3 Å². The molecule has 4 aromatic heterocycles. The number of β-amino-alcohol motifs (C(OH)–C–C–N with tert-alkyl or cyclic N) is 1. The molecule has 0 aliphatic carbocycles. The van der Waals surface area contributed by atoms with E-state index in [1.165, 1.54) is 0 Å². The average Bonchev–Trinajstić information content (AvgIpc) is 3.39. The van der Waals surface area contributed by atoms with Crippen LogP contribution >= 0.6 is 11.3 Å². The summed E-state index contributed by atoms with van der Waals surface area (Å²) in [4.78, 5) is 15.3. The highest BCUT2D eigenvalue weighted by atomic mass is 32.1. The number of rotatable bonds is 4. The SMILES string of the molecule is OC1CCCN(c2ccncc2Nc2ncc3ccc(-c4nccs4)nn23)C1. The summed E-state index contributed by atoms with van der Waals surface area (Å²) in [6, 6.07) is 5.89. The molecule has 2 N–H and O–H groups in total. The lowest BCUT2D eigenvalue weighted by Gasteiger charge is -2.33. The third-order valence-corrected chi connectivity index (χ3v) is 5.61. The Labute approximate surface area is 165 Å². The van der Waals surface area contributed by atoms with Crippen molar-refractivity contribution in [2.24, 2.45) is 0 Å². The Morgan fingerprint density at radius 3 is 2.96 bits per heavy atom. The second-order valence-corrected chi connectivity index (χ2v) is 7.63. The summed E-state index contributed by atoms with van der Waals surface area (Å²) in [5.74, 6) is 0.611. The molecular formula is C19H19N7OS. The molecule has 5 heterocycles. The fourth-order valence-electron chi connectivity index (χ4n) is 3.49. The molecule has 0 aromatic carbocycles. The van der Waals surface area contributed by atoms with Crippen molar-refractivity contribution in [2.75, 3.05) is 23.3 Å². The number of nitrogens with one attached hydrogen (secondary N) is 1. The van der Waals surface area contributed by atoms with E-state index < -0.39 is 0 Å². The Balaban J connectivity index is 1.50. The largest absolute Gasteiger partial charge is 0.391 e. The zero-order chi connectivity index (χ0) is 18.9. The topological polar surface area (TPSA) is 91.5 Å². The summed E-state index contributed by atoms with van der Waals surface area (Å²) >= 11 is 1.55. The molecule has 1 aliphatic heterocycles. The van der Waals surface area contributed by atoms with Gasteiger partial charge in [0.05, 0.1) is 35.4 Å². The molecule has 0 saturated carbocycles. The van der Waals surface area contributed by atoms with E-state index in [2.05, 4.69) is 25.2 Å². The molecule has 1 atom stereocenters. The molecule has 0 radical (unpaired) electrons. The van der Waals surface area contributed by atoms with Crippen LogP contribution in [0.25, 0.3) is 16.2 Å². The first-order valence-electron chi connectivity index (χ1n) is 9.16. The summed E-state index contributed by atoms with van der Waals surface area (Å²) in [5, 5.41) is 20.9. The summed E-state index contributed by atoms with van der Waals surface area (Å²) in [5.41, 5.74) is 3.53. The van der Waals surface area contributed by atoms with Crippen molar-refractivity contribution in [3.63, 3.8) is 0 Å². The van der Waals surface area contributed by atoms with Gasteiger partial charge in [-0.05, 0) is 31.0 Å². The lowest BCUT2D eigenvalue weighted by atomic mass is 10.1. The Morgan fingerprint density at radius 1 is 1.14 bits per heavy atom. The maximum atomic E-state index is 10.0. The first kappa shape index (κ1) is 17.1. The predicted molar refractivity (Wildman–Crippen MR) is 109 cm³/mol. The van der Waals surface area contributed by atoms with Gasteiger partial charge in [0, 0.05) is 30.9 Å². The van der Waals surface area contributed by atoms with Crippen LogP contribution in [0.3, 0.4) is 0 Å². The van der Waals surface area contributed by atoms with Crippen molar-refractivity contribution in [3.05, 3.63) is 48.4 Å². The standard InChI is InChI=1S/C19H19N7OS/c27-14-2-1-8-25(12-14)17-5-6-20-11-16(17)23-19-22-10-13-3-4-15(24-26(13)19)18-21-7-9-28-18/h3-7,9-11,14,27H,1-2,8,12H2,(H,22,23). The Morgan fingerprint density at radius 2 is 2.11 bits per heavy atom. The van der Waals surface area contributed by atoms with Crippen LogP contribution in [-0.2, 0) is 0 Å². The zero-order valence-electron chi connectivity index (χ0n) is 15.1. The molecule has 8 nitrogen and oxygen atoms in total. The highest BCUT2D eigenvalue weighted by Crippen LogP contribution is 2.30. The van der Waals surface area contributed by atoms with Crippen LogP contribution in [0, 0.1) is 0 Å². The van der Waals surface area contributed by atoms with E-state index in [9.17, 15) is 5.11 Å². The number of imidazole rings is 1. The van der Waals surface area contributed by atoms with E-state index in [0.717, 1.165) is 47.0 Å². The number of hydrogen-bond acceptors (Lipinski definition) is 8. The van der Waals surface area contributed by atoms with E-state index >= 15 is 0 Å². The fraction of sp³-hybridized carbons (Fsp3) is 0.263. The normalized spacial score (nSPS) is 17.2. The van der Waals surface area contributed by atoms with Crippen LogP contribution in [0.1, 0.15) is 12.8 Å². The van der Waals surface area contributed by atoms with Crippen molar-refractivity contribution in [2.45, 2.75) is 18.9 Å². The molecule has 0 spiro atoms. The molecule has 1 unspecified atom stereocenters. The smallest absolute Gasteiger partial charge is 0.229 e. The second-order valence-electron chi connectivity index (χ2n) is 6.73. The van der Waals surface area contributed by atoms with E-state index in [-0.39, 0.29) is 6.10 Å². The number of pyridine rings is 1. The number of aliphatic hydroxyl groups excluding tert-OH is 1. The van der Waals surface area contributed by atoms with E-state index in [1.54, 1.807) is 40.6 Å². The molecule has 5 rings (SSSR count). The van der Waals surface area contributed by atoms with Crippen molar-refractivity contribution in [1.82, 2.24) is 24.6 Å². The molecule has 142 valence electrons. The van der Waals surface area contributed by atoms with Gasteiger partial charge in [0.2, 0.25) is 5.95 Å². The van der Waals surface area contributed by atoms with E-state index in [4.69, 9.17) is 5.10 Å². The minimum Gasteiger partial charge on any atom is -0.391 e. The molecule has 4 aromatic rings. The number of fused-ring (bicyclic) bond motifs is 1. The van der Waals surface area contributed by atoms with Crippen molar-refractivity contribution in [3.8, 4) is 10.7 Å². The number of aliphatic hydroxyl groups is 1. The first-order valence-corrected chi connectivity index (χ1v) is 10.0. The van der Waals surface area contributed by atoms with Gasteiger partial charge in [-0.2, -0.15) is 9.61 Å². The first-order chi connectivity index (χ1) is 13.8. The maximum Gasteiger partial charge on any atom is 0.229 e. The van der Waals surface area contributed by atoms with Gasteiger partial charge in [-0.1, -0.05) is 0 Å². The molecule has 0 amide bonds. The lowest BCUT2D eigenvalue weighted by molar-refractivity contribution is 0.154. The number of piperidine rings is 1. The van der Waals surface area contributed by atoms with Gasteiger partial charge >= 0.3 is 0 Å². The minimum absolute atomic E-state index is 0.301. The van der Waals surface area contributed by atoms with Crippen LogP contribution in [0.15, 0.2) is 48.4 Å². The van der Waals surface area contributed by atoms with Crippen molar-refractivity contribution >= 4 is 34.2 Å². The Bertz CT molecular complexity index is 1090. The molecule has 28 heavy (non-hydrogen) atoms. The van der Waals surface area contributed by atoms with Crippen LogP contribution in [0.4, 0.5) is 17.3 Å². The minimum atomic E-state index is -0.301. The van der Waals surface area contributed by atoms with E-state index in [0.29, 0.717) is 12.5 Å². The average molecular weight is 393 g/mol. The number of hydrogen-bond donors (Lipinski definition) is 2. The number of thiazole rings is 1. The van der Waals surface area contributed by atoms with Crippen LogP contribution < -0.4 is 10.2 Å². The predicted octanol–water partition coefficient (Wildman–Crippen LogP) is 2.95. The molecule has 9 heteroatoms. The maximum absolute atomic E-state index is 10.0. The number of anilines is 3. The number of nitrogens with zero attached hydrogens (tertiary/aromatic N) is 6. The highest BCUT2D eigenvalue weighted by molar-refractivity contribution is 7.13. The van der Waals surface area contributed by atoms with Gasteiger partial charge in [0.1, 0.15) is 10.7 Å².